The van der Waals surface area contributed by atoms with Crippen molar-refractivity contribution in [1.82, 2.24) is 15.5 Å². The summed E-state index contributed by atoms with van der Waals surface area (Å²) in [5.74, 6) is 0.788. The molecule has 0 radical (unpaired) electrons. The summed E-state index contributed by atoms with van der Waals surface area (Å²) < 4.78 is 12.0. The van der Waals surface area contributed by atoms with Crippen LogP contribution in [0.1, 0.15) is 39.2 Å². The van der Waals surface area contributed by atoms with Crippen LogP contribution >= 0.6 is 15.9 Å². The van der Waals surface area contributed by atoms with E-state index in [-0.39, 0.29) is 0 Å². The molecule has 152 valence electrons. The van der Waals surface area contributed by atoms with Crippen LogP contribution in [0.4, 0.5) is 4.79 Å². The van der Waals surface area contributed by atoms with Crippen LogP contribution in [0.2, 0.25) is 0 Å². The van der Waals surface area contributed by atoms with Crippen LogP contribution in [0.25, 0.3) is 0 Å². The van der Waals surface area contributed by atoms with Crippen molar-refractivity contribution in [2.24, 2.45) is 0 Å². The number of alkyl carbamates (subject to hydrolysis) is 1. The summed E-state index contributed by atoms with van der Waals surface area (Å²) in [7, 11) is 2.17. The molecule has 2 N–H and O–H groups in total. The second-order valence-corrected chi connectivity index (χ2v) is 8.95. The maximum atomic E-state index is 11.6. The number of rotatable bonds is 7. The number of carbonyl (C=O) groups is 1. The highest BCUT2D eigenvalue weighted by molar-refractivity contribution is 9.10. The number of piperidine rings is 1. The van der Waals surface area contributed by atoms with Gasteiger partial charge in [-0.1, -0.05) is 15.9 Å². The van der Waals surface area contributed by atoms with Gasteiger partial charge in [0, 0.05) is 17.1 Å². The number of hydrogen-bond acceptors (Lipinski definition) is 5. The molecule has 0 spiro atoms. The molecule has 0 aromatic heterocycles. The Labute approximate surface area is 171 Å². The molecule has 0 bridgehead atoms. The van der Waals surface area contributed by atoms with Gasteiger partial charge in [0.2, 0.25) is 0 Å². The molecule has 1 heterocycles. The van der Waals surface area contributed by atoms with Crippen LogP contribution in [0, 0.1) is 0 Å². The van der Waals surface area contributed by atoms with Crippen molar-refractivity contribution in [1.29, 1.82) is 0 Å². The Bertz CT molecular complexity index is 611. The van der Waals surface area contributed by atoms with Crippen LogP contribution in [0.15, 0.2) is 22.7 Å². The van der Waals surface area contributed by atoms with Gasteiger partial charge in [-0.05, 0) is 77.5 Å². The molecular formula is C20H32BrN3O3. The van der Waals surface area contributed by atoms with E-state index in [1.165, 1.54) is 18.4 Å². The molecule has 1 fully saturated rings. The van der Waals surface area contributed by atoms with Crippen LogP contribution in [0.5, 0.6) is 5.75 Å². The topological polar surface area (TPSA) is 62.8 Å². The van der Waals surface area contributed by atoms with Crippen molar-refractivity contribution in [3.63, 3.8) is 0 Å². The highest BCUT2D eigenvalue weighted by Gasteiger charge is 2.16. The van der Waals surface area contributed by atoms with Gasteiger partial charge in [0.15, 0.2) is 0 Å². The molecule has 7 heteroatoms. The smallest absolute Gasteiger partial charge is 0.407 e. The van der Waals surface area contributed by atoms with Gasteiger partial charge in [-0.2, -0.15) is 0 Å². The lowest BCUT2D eigenvalue weighted by molar-refractivity contribution is 0.0520. The SMILES string of the molecule is CN1CCC(NCc2cc(Br)cc(OCCNC(=O)OC(C)(C)C)c2)CC1. The Balaban J connectivity index is 1.75. The van der Waals surface area contributed by atoms with Crippen LogP contribution < -0.4 is 15.4 Å². The predicted octanol–water partition coefficient (Wildman–Crippen LogP) is 3.54. The van der Waals surface area contributed by atoms with Crippen molar-refractivity contribution in [2.75, 3.05) is 33.3 Å². The van der Waals surface area contributed by atoms with E-state index in [2.05, 4.69) is 44.6 Å². The molecule has 1 aromatic rings. The standard InChI is InChI=1S/C20H32BrN3O3/c1-20(2,3)27-19(25)22-7-10-26-18-12-15(11-16(21)13-18)14-23-17-5-8-24(4)9-6-17/h11-13,17,23H,5-10,14H2,1-4H3,(H,22,25). The minimum absolute atomic E-state index is 0.386. The molecule has 1 aliphatic heterocycles. The average Bonchev–Trinajstić information content (AvgIpc) is 2.56. The number of amides is 1. The third kappa shape index (κ3) is 8.95. The fourth-order valence-electron chi connectivity index (χ4n) is 2.92. The first-order valence-electron chi connectivity index (χ1n) is 9.52. The van der Waals surface area contributed by atoms with Gasteiger partial charge in [-0.3, -0.25) is 0 Å². The number of carbonyl (C=O) groups excluding carboxylic acids is 1. The summed E-state index contributed by atoms with van der Waals surface area (Å²) in [4.78, 5) is 14.0. The molecule has 0 aliphatic carbocycles. The first kappa shape index (κ1) is 22.0. The number of ether oxygens (including phenoxy) is 2. The van der Waals surface area contributed by atoms with E-state index < -0.39 is 11.7 Å². The maximum absolute atomic E-state index is 11.6. The Morgan fingerprint density at radius 1 is 1.26 bits per heavy atom. The monoisotopic (exact) mass is 441 g/mol. The lowest BCUT2D eigenvalue weighted by atomic mass is 10.1. The van der Waals surface area contributed by atoms with Gasteiger partial charge >= 0.3 is 6.09 Å². The first-order chi connectivity index (χ1) is 12.7. The fourth-order valence-corrected chi connectivity index (χ4v) is 3.44. The minimum Gasteiger partial charge on any atom is -0.492 e. The van der Waals surface area contributed by atoms with Crippen LogP contribution in [0.3, 0.4) is 0 Å². The summed E-state index contributed by atoms with van der Waals surface area (Å²) in [5, 5.41) is 6.34. The number of nitrogens with one attached hydrogen (secondary N) is 2. The maximum Gasteiger partial charge on any atom is 0.407 e. The number of benzene rings is 1. The van der Waals surface area contributed by atoms with Crippen molar-refractivity contribution >= 4 is 22.0 Å². The van der Waals surface area contributed by atoms with E-state index in [0.717, 1.165) is 29.9 Å². The van der Waals surface area contributed by atoms with Gasteiger partial charge in [-0.15, -0.1) is 0 Å². The highest BCUT2D eigenvalue weighted by Crippen LogP contribution is 2.22. The molecule has 27 heavy (non-hydrogen) atoms. The largest absolute Gasteiger partial charge is 0.492 e. The molecule has 0 atom stereocenters. The van der Waals surface area contributed by atoms with E-state index in [9.17, 15) is 4.79 Å². The second kappa shape index (κ2) is 10.3. The fraction of sp³-hybridized carbons (Fsp3) is 0.650. The van der Waals surface area contributed by atoms with Crippen LogP contribution in [-0.4, -0.2) is 55.9 Å². The molecule has 6 nitrogen and oxygen atoms in total. The first-order valence-corrected chi connectivity index (χ1v) is 10.3. The van der Waals surface area contributed by atoms with Crippen molar-refractivity contribution in [3.05, 3.63) is 28.2 Å². The van der Waals surface area contributed by atoms with Gasteiger partial charge in [0.1, 0.15) is 18.0 Å². The Morgan fingerprint density at radius 3 is 2.63 bits per heavy atom. The zero-order valence-electron chi connectivity index (χ0n) is 16.8. The summed E-state index contributed by atoms with van der Waals surface area (Å²) in [5.41, 5.74) is 0.684. The van der Waals surface area contributed by atoms with E-state index in [0.29, 0.717) is 19.2 Å². The lowest BCUT2D eigenvalue weighted by Crippen LogP contribution is -2.40. The van der Waals surface area contributed by atoms with Gasteiger partial charge < -0.3 is 25.0 Å². The number of likely N-dealkylation sites (tertiary alicyclic amines) is 1. The summed E-state index contributed by atoms with van der Waals surface area (Å²) >= 11 is 3.55. The van der Waals surface area contributed by atoms with E-state index >= 15 is 0 Å². The van der Waals surface area contributed by atoms with Gasteiger partial charge in [-0.25, -0.2) is 4.79 Å². The molecule has 1 saturated heterocycles. The number of nitrogens with zero attached hydrogens (tertiary/aromatic N) is 1. The lowest BCUT2D eigenvalue weighted by Gasteiger charge is -2.29. The third-order valence-electron chi connectivity index (χ3n) is 4.28. The molecular weight excluding hydrogens is 410 g/mol. The Hall–Kier alpha value is -1.31. The van der Waals surface area contributed by atoms with Gasteiger partial charge in [0.05, 0.1) is 6.54 Å². The Kier molecular flexibility index (Phi) is 8.38. The van der Waals surface area contributed by atoms with Crippen molar-refractivity contribution in [3.8, 4) is 5.75 Å². The van der Waals surface area contributed by atoms with E-state index in [1.807, 2.05) is 32.9 Å². The van der Waals surface area contributed by atoms with Crippen molar-refractivity contribution < 1.29 is 14.3 Å². The third-order valence-corrected chi connectivity index (χ3v) is 4.74. The highest BCUT2D eigenvalue weighted by atomic mass is 79.9. The molecule has 2 rings (SSSR count). The quantitative estimate of drug-likeness (QED) is 0.633. The molecule has 1 aliphatic rings. The van der Waals surface area contributed by atoms with Gasteiger partial charge in [0.25, 0.3) is 0 Å². The van der Waals surface area contributed by atoms with E-state index in [1.54, 1.807) is 0 Å². The molecule has 1 amide bonds. The minimum atomic E-state index is -0.495. The average molecular weight is 442 g/mol. The molecule has 0 saturated carbocycles. The Morgan fingerprint density at radius 2 is 1.96 bits per heavy atom. The zero-order chi connectivity index (χ0) is 19.9. The normalized spacial score (nSPS) is 16.2. The van der Waals surface area contributed by atoms with Crippen molar-refractivity contribution in [2.45, 2.75) is 51.8 Å². The van der Waals surface area contributed by atoms with Crippen LogP contribution in [-0.2, 0) is 11.3 Å². The second-order valence-electron chi connectivity index (χ2n) is 8.03. The summed E-state index contributed by atoms with van der Waals surface area (Å²) in [6.45, 7) is 9.41. The summed E-state index contributed by atoms with van der Waals surface area (Å²) in [6.07, 6.45) is 1.94. The summed E-state index contributed by atoms with van der Waals surface area (Å²) in [6, 6.07) is 6.66. The number of hydrogen-bond donors (Lipinski definition) is 2. The van der Waals surface area contributed by atoms with E-state index in [4.69, 9.17) is 9.47 Å². The molecule has 0 unspecified atom stereocenters. The molecule has 1 aromatic carbocycles. The zero-order valence-corrected chi connectivity index (χ0v) is 18.4. The predicted molar refractivity (Wildman–Crippen MR) is 111 cm³/mol. The number of halogens is 1.